The van der Waals surface area contributed by atoms with E-state index in [0.29, 0.717) is 18.8 Å². The molecule has 1 atom stereocenters. The van der Waals surface area contributed by atoms with Gasteiger partial charge in [-0.1, -0.05) is 35.9 Å². The largest absolute Gasteiger partial charge is 0.376 e. The summed E-state index contributed by atoms with van der Waals surface area (Å²) in [5.41, 5.74) is 2.70. The van der Waals surface area contributed by atoms with Crippen molar-refractivity contribution in [3.05, 3.63) is 91.3 Å². The maximum atomic E-state index is 13.3. The van der Waals surface area contributed by atoms with E-state index in [1.165, 1.54) is 0 Å². The molecule has 1 N–H and O–H groups in total. The number of hydrogen-bond donors (Lipinski definition) is 1. The van der Waals surface area contributed by atoms with Crippen LogP contribution in [0.15, 0.2) is 52.1 Å². The number of ether oxygens (including phenoxy) is 1. The van der Waals surface area contributed by atoms with Crippen LogP contribution in [0.4, 0.5) is 0 Å². The van der Waals surface area contributed by atoms with Gasteiger partial charge in [0.1, 0.15) is 0 Å². The van der Waals surface area contributed by atoms with Crippen LogP contribution < -0.4 is 16.6 Å². The minimum Gasteiger partial charge on any atom is -0.376 e. The summed E-state index contributed by atoms with van der Waals surface area (Å²) < 4.78 is 7.74. The zero-order chi connectivity index (χ0) is 23.5. The minimum atomic E-state index is -0.716. The molecule has 0 bridgehead atoms. The molecule has 0 radical (unpaired) electrons. The summed E-state index contributed by atoms with van der Waals surface area (Å²) in [4.78, 5) is 39.5. The second kappa shape index (κ2) is 9.54. The first kappa shape index (κ1) is 22.7. The number of carbonyl (C=O) groups is 1. The molecule has 33 heavy (non-hydrogen) atoms. The molecule has 1 aromatic heterocycles. The Morgan fingerprint density at radius 2 is 1.94 bits per heavy atom. The van der Waals surface area contributed by atoms with Gasteiger partial charge in [-0.05, 0) is 62.4 Å². The fraction of sp³-hybridized carbons (Fsp3) is 0.360. The molecule has 1 aliphatic heterocycles. The molecule has 8 nitrogen and oxygen atoms in total. The molecule has 0 saturated carbocycles. The molecule has 172 valence electrons. The van der Waals surface area contributed by atoms with E-state index >= 15 is 0 Å². The second-order valence-electron chi connectivity index (χ2n) is 8.54. The van der Waals surface area contributed by atoms with E-state index in [0.717, 1.165) is 44.3 Å². The Morgan fingerprint density at radius 1 is 1.12 bits per heavy atom. The monoisotopic (exact) mass is 448 g/mol. The molecule has 2 aromatic carbocycles. The molecule has 1 fully saturated rings. The van der Waals surface area contributed by atoms with Crippen molar-refractivity contribution in [1.82, 2.24) is 19.7 Å². The number of rotatable bonds is 6. The topological polar surface area (TPSA) is 95.2 Å². The molecule has 1 unspecified atom stereocenters. The van der Waals surface area contributed by atoms with Crippen molar-refractivity contribution in [1.29, 1.82) is 0 Å². The fourth-order valence-corrected chi connectivity index (χ4v) is 3.91. The third-order valence-corrected chi connectivity index (χ3v) is 5.95. The summed E-state index contributed by atoms with van der Waals surface area (Å²) in [5, 5.41) is 6.94. The van der Waals surface area contributed by atoms with Crippen LogP contribution in [0.5, 0.6) is 0 Å². The molecule has 8 heteroatoms. The molecule has 1 saturated heterocycles. The van der Waals surface area contributed by atoms with E-state index in [1.54, 1.807) is 6.07 Å². The number of nitrogens with zero attached hydrogens (tertiary/aromatic N) is 3. The molecule has 3 aromatic rings. The van der Waals surface area contributed by atoms with Crippen LogP contribution >= 0.6 is 0 Å². The molecule has 4 rings (SSSR count). The first-order valence-electron chi connectivity index (χ1n) is 11.1. The van der Waals surface area contributed by atoms with Crippen LogP contribution in [-0.2, 0) is 11.3 Å². The zero-order valence-electron chi connectivity index (χ0n) is 19.1. The summed E-state index contributed by atoms with van der Waals surface area (Å²) in [7, 11) is 0. The van der Waals surface area contributed by atoms with Crippen LogP contribution in [-0.4, -0.2) is 39.5 Å². The molecule has 0 aliphatic carbocycles. The van der Waals surface area contributed by atoms with Crippen molar-refractivity contribution < 1.29 is 9.53 Å². The van der Waals surface area contributed by atoms with Gasteiger partial charge in [0.25, 0.3) is 11.5 Å². The Balaban J connectivity index is 1.79. The summed E-state index contributed by atoms with van der Waals surface area (Å²) in [6.07, 6.45) is 1.72. The van der Waals surface area contributed by atoms with Crippen LogP contribution in [0.25, 0.3) is 5.69 Å². The van der Waals surface area contributed by atoms with Crippen molar-refractivity contribution in [3.63, 3.8) is 0 Å². The van der Waals surface area contributed by atoms with Crippen molar-refractivity contribution in [2.45, 2.75) is 46.3 Å². The van der Waals surface area contributed by atoms with Crippen LogP contribution in [0, 0.1) is 20.8 Å². The Hall–Kier alpha value is -3.52. The number of carbonyl (C=O) groups excluding carboxylic acids is 1. The van der Waals surface area contributed by atoms with Gasteiger partial charge >= 0.3 is 5.69 Å². The van der Waals surface area contributed by atoms with Gasteiger partial charge in [0.05, 0.1) is 18.3 Å². The highest BCUT2D eigenvalue weighted by atomic mass is 16.5. The van der Waals surface area contributed by atoms with Crippen molar-refractivity contribution in [2.24, 2.45) is 0 Å². The quantitative estimate of drug-likeness (QED) is 0.624. The van der Waals surface area contributed by atoms with Gasteiger partial charge in [0, 0.05) is 13.2 Å². The van der Waals surface area contributed by atoms with Gasteiger partial charge in [-0.2, -0.15) is 9.78 Å². The van der Waals surface area contributed by atoms with Gasteiger partial charge in [0.2, 0.25) is 5.69 Å². The van der Waals surface area contributed by atoms with E-state index in [-0.39, 0.29) is 18.3 Å². The number of aryl methyl sites for hydroxylation is 3. The first-order valence-corrected chi connectivity index (χ1v) is 11.1. The Kier molecular flexibility index (Phi) is 6.55. The van der Waals surface area contributed by atoms with Crippen LogP contribution in [0.2, 0.25) is 0 Å². The van der Waals surface area contributed by atoms with Crippen molar-refractivity contribution >= 4 is 5.91 Å². The summed E-state index contributed by atoms with van der Waals surface area (Å²) in [6.45, 7) is 6.84. The normalized spacial score (nSPS) is 15.5. The first-order chi connectivity index (χ1) is 15.8. The average Bonchev–Trinajstić information content (AvgIpc) is 3.31. The number of hydrogen-bond acceptors (Lipinski definition) is 5. The smallest absolute Gasteiger partial charge is 0.352 e. The van der Waals surface area contributed by atoms with Gasteiger partial charge in [-0.25, -0.2) is 4.79 Å². The predicted octanol–water partition coefficient (Wildman–Crippen LogP) is 2.28. The molecule has 1 aliphatic rings. The maximum Gasteiger partial charge on any atom is 0.352 e. The molecule has 1 amide bonds. The maximum absolute atomic E-state index is 13.3. The Morgan fingerprint density at radius 3 is 2.64 bits per heavy atom. The van der Waals surface area contributed by atoms with E-state index in [4.69, 9.17) is 4.74 Å². The third-order valence-electron chi connectivity index (χ3n) is 5.95. The van der Waals surface area contributed by atoms with E-state index in [9.17, 15) is 14.4 Å². The molecule has 0 spiro atoms. The van der Waals surface area contributed by atoms with Gasteiger partial charge in [-0.15, -0.1) is 0 Å². The summed E-state index contributed by atoms with van der Waals surface area (Å²) in [6, 6.07) is 13.0. The highest BCUT2D eigenvalue weighted by Gasteiger charge is 2.23. The Bertz CT molecular complexity index is 1300. The highest BCUT2D eigenvalue weighted by Crippen LogP contribution is 2.13. The average molecular weight is 449 g/mol. The lowest BCUT2D eigenvalue weighted by molar-refractivity contribution is 0.0849. The third kappa shape index (κ3) is 4.96. The number of nitrogens with one attached hydrogen (secondary N) is 1. The summed E-state index contributed by atoms with van der Waals surface area (Å²) >= 11 is 0. The van der Waals surface area contributed by atoms with E-state index in [2.05, 4.69) is 10.4 Å². The fourth-order valence-electron chi connectivity index (χ4n) is 3.91. The number of benzene rings is 2. The standard InChI is InChI=1S/C25H28N4O4/c1-16-6-4-7-19(12-16)15-28-24(31)22(23(30)26-14-21-8-5-11-33-21)27-29(25(28)32)20-10-9-17(2)18(3)13-20/h4,6-7,9-10,12-13,21H,5,8,11,14-15H2,1-3H3,(H,26,30). The van der Waals surface area contributed by atoms with E-state index < -0.39 is 17.2 Å². The van der Waals surface area contributed by atoms with Crippen molar-refractivity contribution in [2.75, 3.05) is 13.2 Å². The lowest BCUT2D eigenvalue weighted by atomic mass is 10.1. The predicted molar refractivity (Wildman–Crippen MR) is 125 cm³/mol. The van der Waals surface area contributed by atoms with Gasteiger partial charge < -0.3 is 10.1 Å². The minimum absolute atomic E-state index is 0.0404. The van der Waals surface area contributed by atoms with Crippen LogP contribution in [0.1, 0.15) is 45.6 Å². The SMILES string of the molecule is Cc1cccc(Cn2c(=O)c(C(=O)NCC3CCCO3)nn(-c3ccc(C)c(C)c3)c2=O)c1. The Labute approximate surface area is 191 Å². The summed E-state index contributed by atoms with van der Waals surface area (Å²) in [5.74, 6) is -0.619. The van der Waals surface area contributed by atoms with Gasteiger partial charge in [-0.3, -0.25) is 14.2 Å². The molecule has 2 heterocycles. The zero-order valence-corrected chi connectivity index (χ0v) is 19.1. The van der Waals surface area contributed by atoms with E-state index in [1.807, 2.05) is 57.2 Å². The van der Waals surface area contributed by atoms with Crippen LogP contribution in [0.3, 0.4) is 0 Å². The molecular weight excluding hydrogens is 420 g/mol. The lowest BCUT2D eigenvalue weighted by Crippen LogP contribution is -2.46. The second-order valence-corrected chi connectivity index (χ2v) is 8.54. The number of amides is 1. The molecular formula is C25H28N4O4. The lowest BCUT2D eigenvalue weighted by Gasteiger charge is -2.14. The number of aromatic nitrogens is 3. The van der Waals surface area contributed by atoms with Crippen molar-refractivity contribution in [3.8, 4) is 5.69 Å². The van der Waals surface area contributed by atoms with Gasteiger partial charge in [0.15, 0.2) is 0 Å². The highest BCUT2D eigenvalue weighted by molar-refractivity contribution is 5.91.